The van der Waals surface area contributed by atoms with Gasteiger partial charge in [-0.25, -0.2) is 10.3 Å². The van der Waals surface area contributed by atoms with Gasteiger partial charge in [-0.2, -0.15) is 0 Å². The van der Waals surface area contributed by atoms with Crippen molar-refractivity contribution in [2.75, 3.05) is 0 Å². The van der Waals surface area contributed by atoms with E-state index >= 15 is 0 Å². The van der Waals surface area contributed by atoms with Crippen LogP contribution in [0.25, 0.3) is 0 Å². The molecule has 3 aromatic carbocycles. The number of hydrogen-bond acceptors (Lipinski definition) is 5. The van der Waals surface area contributed by atoms with Crippen molar-refractivity contribution in [2.45, 2.75) is 6.10 Å². The summed E-state index contributed by atoms with van der Waals surface area (Å²) in [6.07, 6.45) is 1.45. The van der Waals surface area contributed by atoms with Crippen LogP contribution in [0.2, 0.25) is 0 Å². The highest BCUT2D eigenvalue weighted by Crippen LogP contribution is 2.28. The second kappa shape index (κ2) is 7.85. The predicted octanol–water partition coefficient (Wildman–Crippen LogP) is 4.67. The summed E-state index contributed by atoms with van der Waals surface area (Å²) in [4.78, 5) is 16.6. The third-order valence-corrected chi connectivity index (χ3v) is 4.09. The van der Waals surface area contributed by atoms with Crippen LogP contribution in [-0.4, -0.2) is 11.1 Å². The summed E-state index contributed by atoms with van der Waals surface area (Å²) in [5, 5.41) is 9.06. The van der Waals surface area contributed by atoms with Gasteiger partial charge in [0.25, 0.3) is 0 Å². The van der Waals surface area contributed by atoms with Crippen molar-refractivity contribution in [3.05, 3.63) is 102 Å². The molecule has 0 bridgehead atoms. The van der Waals surface area contributed by atoms with E-state index in [0.29, 0.717) is 11.6 Å². The Hall–Kier alpha value is -3.77. The van der Waals surface area contributed by atoms with Crippen molar-refractivity contribution in [3.63, 3.8) is 0 Å². The van der Waals surface area contributed by atoms with Crippen LogP contribution in [-0.2, 0) is 4.84 Å². The van der Waals surface area contributed by atoms with Crippen molar-refractivity contribution in [3.8, 4) is 17.2 Å². The standard InChI is InChI=1S/C22H17NO5/c24-22(25)16-5-4-8-19(13-16)27-21-14-20(28-23-21)15-9-11-18(12-10-15)26-17-6-2-1-3-7-17/h1-14,20,23H,(H,24,25). The minimum Gasteiger partial charge on any atom is -0.478 e. The fraction of sp³-hybridized carbons (Fsp3) is 0.0455. The van der Waals surface area contributed by atoms with E-state index in [1.807, 2.05) is 54.6 Å². The average molecular weight is 375 g/mol. The molecule has 0 saturated heterocycles. The van der Waals surface area contributed by atoms with Gasteiger partial charge in [-0.15, -0.1) is 0 Å². The molecule has 0 saturated carbocycles. The molecule has 0 fully saturated rings. The van der Waals surface area contributed by atoms with Gasteiger partial charge in [0.2, 0.25) is 5.88 Å². The average Bonchev–Trinajstić information content (AvgIpc) is 3.18. The van der Waals surface area contributed by atoms with Gasteiger partial charge in [-0.1, -0.05) is 36.4 Å². The fourth-order valence-electron chi connectivity index (χ4n) is 2.72. The molecule has 1 atom stereocenters. The molecular formula is C22H17NO5. The van der Waals surface area contributed by atoms with Crippen molar-refractivity contribution < 1.29 is 24.2 Å². The number of benzene rings is 3. The molecule has 0 spiro atoms. The molecule has 2 N–H and O–H groups in total. The van der Waals surface area contributed by atoms with E-state index in [2.05, 4.69) is 5.48 Å². The number of rotatable bonds is 6. The lowest BCUT2D eigenvalue weighted by Gasteiger charge is -2.09. The smallest absolute Gasteiger partial charge is 0.335 e. The fourth-order valence-corrected chi connectivity index (χ4v) is 2.72. The Kier molecular flexibility index (Phi) is 4.95. The number of carboxylic acid groups (broad SMARTS) is 1. The van der Waals surface area contributed by atoms with Crippen LogP contribution < -0.4 is 15.0 Å². The normalized spacial score (nSPS) is 15.4. The van der Waals surface area contributed by atoms with E-state index in [1.54, 1.807) is 18.2 Å². The first kappa shape index (κ1) is 17.6. The summed E-state index contributed by atoms with van der Waals surface area (Å²) < 4.78 is 11.4. The molecule has 0 aromatic heterocycles. The summed E-state index contributed by atoms with van der Waals surface area (Å²) in [5.41, 5.74) is 3.79. The molecule has 6 nitrogen and oxygen atoms in total. The van der Waals surface area contributed by atoms with Crippen molar-refractivity contribution in [1.29, 1.82) is 0 Å². The zero-order chi connectivity index (χ0) is 19.3. The molecule has 6 heteroatoms. The van der Waals surface area contributed by atoms with E-state index in [0.717, 1.165) is 17.1 Å². The minimum absolute atomic E-state index is 0.155. The van der Waals surface area contributed by atoms with Gasteiger partial charge in [-0.05, 0) is 48.0 Å². The number of hydrogen-bond donors (Lipinski definition) is 2. The third kappa shape index (κ3) is 4.13. The Morgan fingerprint density at radius 3 is 2.32 bits per heavy atom. The number of para-hydroxylation sites is 1. The maximum atomic E-state index is 11.0. The van der Waals surface area contributed by atoms with Gasteiger partial charge in [0, 0.05) is 6.08 Å². The van der Waals surface area contributed by atoms with E-state index < -0.39 is 5.97 Å². The number of nitrogens with one attached hydrogen (secondary N) is 1. The van der Waals surface area contributed by atoms with Crippen LogP contribution in [0.5, 0.6) is 17.2 Å². The van der Waals surface area contributed by atoms with Gasteiger partial charge < -0.3 is 14.6 Å². The number of carbonyl (C=O) groups is 1. The molecule has 4 rings (SSSR count). The van der Waals surface area contributed by atoms with Crippen LogP contribution in [0.4, 0.5) is 0 Å². The predicted molar refractivity (Wildman–Crippen MR) is 102 cm³/mol. The highest BCUT2D eigenvalue weighted by atomic mass is 16.7. The Morgan fingerprint density at radius 1 is 0.857 bits per heavy atom. The number of ether oxygens (including phenoxy) is 2. The summed E-state index contributed by atoms with van der Waals surface area (Å²) >= 11 is 0. The Balaban J connectivity index is 1.42. The van der Waals surface area contributed by atoms with Crippen molar-refractivity contribution in [1.82, 2.24) is 5.48 Å². The van der Waals surface area contributed by atoms with Crippen molar-refractivity contribution >= 4 is 5.97 Å². The number of carboxylic acids is 1. The largest absolute Gasteiger partial charge is 0.478 e. The minimum atomic E-state index is -1.01. The summed E-state index contributed by atoms with van der Waals surface area (Å²) in [6.45, 7) is 0. The molecule has 1 unspecified atom stereocenters. The van der Waals surface area contributed by atoms with Gasteiger partial charge in [-0.3, -0.25) is 4.84 Å². The Morgan fingerprint density at radius 2 is 1.57 bits per heavy atom. The van der Waals surface area contributed by atoms with Crippen molar-refractivity contribution in [2.24, 2.45) is 0 Å². The first-order chi connectivity index (χ1) is 13.7. The van der Waals surface area contributed by atoms with Gasteiger partial charge in [0.05, 0.1) is 5.56 Å². The lowest BCUT2D eigenvalue weighted by molar-refractivity contribution is 0.0273. The van der Waals surface area contributed by atoms with Crippen LogP contribution >= 0.6 is 0 Å². The lowest BCUT2D eigenvalue weighted by Crippen LogP contribution is -2.12. The SMILES string of the molecule is O=C(O)c1cccc(OC2=CC(c3ccc(Oc4ccccc4)cc3)ON2)c1. The first-order valence-electron chi connectivity index (χ1n) is 8.65. The van der Waals surface area contributed by atoms with E-state index in [4.69, 9.17) is 19.4 Å². The second-order valence-corrected chi connectivity index (χ2v) is 6.09. The summed E-state index contributed by atoms with van der Waals surface area (Å²) in [5.74, 6) is 1.30. The van der Waals surface area contributed by atoms with E-state index in [-0.39, 0.29) is 11.7 Å². The number of hydroxylamine groups is 1. The summed E-state index contributed by atoms with van der Waals surface area (Å²) in [7, 11) is 0. The van der Waals surface area contributed by atoms with E-state index in [1.165, 1.54) is 12.1 Å². The van der Waals surface area contributed by atoms with Crippen LogP contribution in [0.1, 0.15) is 22.0 Å². The summed E-state index contributed by atoms with van der Waals surface area (Å²) in [6, 6.07) is 23.4. The molecule has 1 heterocycles. The van der Waals surface area contributed by atoms with Crippen LogP contribution in [0.15, 0.2) is 90.8 Å². The number of aromatic carboxylic acids is 1. The zero-order valence-corrected chi connectivity index (χ0v) is 14.7. The van der Waals surface area contributed by atoms with E-state index in [9.17, 15) is 4.79 Å². The maximum Gasteiger partial charge on any atom is 0.335 e. The quantitative estimate of drug-likeness (QED) is 0.652. The molecule has 1 aliphatic rings. The second-order valence-electron chi connectivity index (χ2n) is 6.09. The van der Waals surface area contributed by atoms with Gasteiger partial charge in [0.15, 0.2) is 0 Å². The lowest BCUT2D eigenvalue weighted by atomic mass is 10.1. The molecular weight excluding hydrogens is 358 g/mol. The monoisotopic (exact) mass is 375 g/mol. The molecule has 140 valence electrons. The molecule has 0 aliphatic carbocycles. The molecule has 1 aliphatic heterocycles. The first-order valence-corrected chi connectivity index (χ1v) is 8.65. The maximum absolute atomic E-state index is 11.0. The van der Waals surface area contributed by atoms with Crippen LogP contribution in [0, 0.1) is 0 Å². The molecule has 0 amide bonds. The zero-order valence-electron chi connectivity index (χ0n) is 14.7. The topological polar surface area (TPSA) is 77.0 Å². The Labute approximate surface area is 161 Å². The molecule has 0 radical (unpaired) electrons. The highest BCUT2D eigenvalue weighted by Gasteiger charge is 2.20. The van der Waals surface area contributed by atoms with Crippen LogP contribution in [0.3, 0.4) is 0 Å². The Bertz CT molecular complexity index is 999. The molecule has 3 aromatic rings. The van der Waals surface area contributed by atoms with Gasteiger partial charge in [0.1, 0.15) is 23.4 Å². The third-order valence-electron chi connectivity index (χ3n) is 4.09. The molecule has 28 heavy (non-hydrogen) atoms. The van der Waals surface area contributed by atoms with Gasteiger partial charge >= 0.3 is 5.97 Å². The highest BCUT2D eigenvalue weighted by molar-refractivity contribution is 5.88.